The zero-order valence-corrected chi connectivity index (χ0v) is 15.1. The van der Waals surface area contributed by atoms with Gasteiger partial charge in [-0.1, -0.05) is 38.1 Å². The monoisotopic (exact) mass is 342 g/mol. The van der Waals surface area contributed by atoms with E-state index >= 15 is 0 Å². The van der Waals surface area contributed by atoms with E-state index in [9.17, 15) is 0 Å². The van der Waals surface area contributed by atoms with Crippen molar-refractivity contribution in [3.63, 3.8) is 0 Å². The molecule has 0 saturated carbocycles. The number of likely N-dealkylation sites (tertiary alicyclic amines) is 1. The van der Waals surface area contributed by atoms with Crippen LogP contribution in [0.25, 0.3) is 10.2 Å². The second kappa shape index (κ2) is 5.93. The minimum absolute atomic E-state index is 0.108. The summed E-state index contributed by atoms with van der Waals surface area (Å²) in [6.07, 6.45) is 2.33. The maximum atomic E-state index is 5.43. The summed E-state index contributed by atoms with van der Waals surface area (Å²) < 4.78 is 6.69. The minimum atomic E-state index is -0.108. The summed E-state index contributed by atoms with van der Waals surface area (Å²) >= 11 is 1.80. The van der Waals surface area contributed by atoms with Gasteiger partial charge in [0.05, 0.1) is 22.8 Å². The van der Waals surface area contributed by atoms with Crippen LogP contribution in [0.1, 0.15) is 56.4 Å². The highest BCUT2D eigenvalue weighted by Crippen LogP contribution is 2.37. The number of fused-ring (bicyclic) bond motifs is 1. The molecule has 0 N–H and O–H groups in total. The Morgan fingerprint density at radius 2 is 2.08 bits per heavy atom. The van der Waals surface area contributed by atoms with Crippen molar-refractivity contribution in [2.24, 2.45) is 0 Å². The van der Waals surface area contributed by atoms with Gasteiger partial charge in [0.15, 0.2) is 5.82 Å². The molecule has 5 nitrogen and oxygen atoms in total. The first kappa shape index (κ1) is 15.7. The first-order chi connectivity index (χ1) is 11.5. The average Bonchev–Trinajstić information content (AvgIpc) is 3.25. The fourth-order valence-electron chi connectivity index (χ4n) is 3.13. The van der Waals surface area contributed by atoms with Crippen LogP contribution in [0.15, 0.2) is 28.8 Å². The van der Waals surface area contributed by atoms with E-state index in [1.54, 1.807) is 11.3 Å². The number of para-hydroxylation sites is 1. The number of hydrogen-bond donors (Lipinski definition) is 0. The van der Waals surface area contributed by atoms with Gasteiger partial charge >= 0.3 is 0 Å². The Kier molecular flexibility index (Phi) is 3.89. The zero-order valence-electron chi connectivity index (χ0n) is 14.3. The summed E-state index contributed by atoms with van der Waals surface area (Å²) in [5.41, 5.74) is 0.988. The summed E-state index contributed by atoms with van der Waals surface area (Å²) in [7, 11) is 0. The molecule has 1 aliphatic rings. The van der Waals surface area contributed by atoms with Gasteiger partial charge in [-0.3, -0.25) is 4.90 Å². The number of hydrogen-bond acceptors (Lipinski definition) is 6. The van der Waals surface area contributed by atoms with E-state index in [-0.39, 0.29) is 5.41 Å². The van der Waals surface area contributed by atoms with E-state index in [0.29, 0.717) is 11.9 Å². The van der Waals surface area contributed by atoms with Crippen LogP contribution in [0.3, 0.4) is 0 Å². The van der Waals surface area contributed by atoms with Gasteiger partial charge in [0, 0.05) is 5.41 Å². The van der Waals surface area contributed by atoms with Gasteiger partial charge in [0.25, 0.3) is 0 Å². The highest BCUT2D eigenvalue weighted by Gasteiger charge is 2.30. The molecule has 3 heterocycles. The smallest absolute Gasteiger partial charge is 0.232 e. The van der Waals surface area contributed by atoms with Gasteiger partial charge in [0.1, 0.15) is 5.01 Å². The quantitative estimate of drug-likeness (QED) is 0.710. The highest BCUT2D eigenvalue weighted by molar-refractivity contribution is 7.18. The Labute approximate surface area is 145 Å². The molecule has 6 heteroatoms. The lowest BCUT2D eigenvalue weighted by Gasteiger charge is -2.20. The molecule has 4 rings (SSSR count). The van der Waals surface area contributed by atoms with Crippen LogP contribution in [-0.4, -0.2) is 26.6 Å². The second-order valence-corrected chi connectivity index (χ2v) is 8.48. The molecule has 1 aromatic carbocycles. The van der Waals surface area contributed by atoms with Crippen molar-refractivity contribution >= 4 is 21.6 Å². The molecule has 2 aromatic heterocycles. The molecule has 1 atom stereocenters. The maximum absolute atomic E-state index is 5.43. The Balaban J connectivity index is 1.55. The molecule has 126 valence electrons. The normalized spacial score (nSPS) is 19.4. The van der Waals surface area contributed by atoms with Crippen molar-refractivity contribution < 1.29 is 4.52 Å². The molecular formula is C18H22N4OS. The lowest BCUT2D eigenvalue weighted by Crippen LogP contribution is -2.23. The Morgan fingerprint density at radius 1 is 1.25 bits per heavy atom. The van der Waals surface area contributed by atoms with Crippen molar-refractivity contribution in [3.05, 3.63) is 41.0 Å². The molecule has 1 aliphatic heterocycles. The van der Waals surface area contributed by atoms with E-state index in [0.717, 1.165) is 30.9 Å². The van der Waals surface area contributed by atoms with E-state index in [4.69, 9.17) is 9.51 Å². The lowest BCUT2D eigenvalue weighted by atomic mass is 9.97. The van der Waals surface area contributed by atoms with Crippen LogP contribution >= 0.6 is 11.3 Å². The third-order valence-electron chi connectivity index (χ3n) is 4.41. The molecule has 1 fully saturated rings. The SMILES string of the molecule is CC(C)(C)c1nc(CN2CCC[C@H]2c2nc3ccccc3s2)no1. The predicted molar refractivity (Wildman–Crippen MR) is 95.0 cm³/mol. The number of rotatable bonds is 3. The standard InChI is InChI=1S/C18H22N4OS/c1-18(2,3)17-20-15(21-23-17)11-22-10-6-8-13(22)16-19-12-7-4-5-9-14(12)24-16/h4-5,7,9,13H,6,8,10-11H2,1-3H3/t13-/m0/s1. The van der Waals surface area contributed by atoms with E-state index < -0.39 is 0 Å². The lowest BCUT2D eigenvalue weighted by molar-refractivity contribution is 0.237. The molecule has 1 saturated heterocycles. The largest absolute Gasteiger partial charge is 0.339 e. The predicted octanol–water partition coefficient (Wildman–Crippen LogP) is 4.31. The average molecular weight is 342 g/mol. The van der Waals surface area contributed by atoms with Crippen LogP contribution in [0.2, 0.25) is 0 Å². The van der Waals surface area contributed by atoms with E-state index in [2.05, 4.69) is 54.0 Å². The molecule has 0 unspecified atom stereocenters. The summed E-state index contributed by atoms with van der Waals surface area (Å²) in [4.78, 5) is 11.8. The Hall–Kier alpha value is -1.79. The van der Waals surface area contributed by atoms with Crippen LogP contribution in [0, 0.1) is 0 Å². The topological polar surface area (TPSA) is 55.1 Å². The van der Waals surface area contributed by atoms with Gasteiger partial charge < -0.3 is 4.52 Å². The third kappa shape index (κ3) is 2.96. The summed E-state index contributed by atoms with van der Waals surface area (Å²) in [6, 6.07) is 8.71. The van der Waals surface area contributed by atoms with E-state index in [1.165, 1.54) is 16.1 Å². The molecule has 3 aromatic rings. The fraction of sp³-hybridized carbons (Fsp3) is 0.500. The van der Waals surface area contributed by atoms with Gasteiger partial charge in [0.2, 0.25) is 5.89 Å². The van der Waals surface area contributed by atoms with Crippen molar-refractivity contribution in [1.29, 1.82) is 0 Å². The molecule has 24 heavy (non-hydrogen) atoms. The number of thiazole rings is 1. The van der Waals surface area contributed by atoms with Crippen LogP contribution in [-0.2, 0) is 12.0 Å². The van der Waals surface area contributed by atoms with Gasteiger partial charge in [-0.05, 0) is 31.5 Å². The number of aromatic nitrogens is 3. The molecular weight excluding hydrogens is 320 g/mol. The molecule has 0 bridgehead atoms. The van der Waals surface area contributed by atoms with Gasteiger partial charge in [-0.15, -0.1) is 11.3 Å². The Bertz CT molecular complexity index is 815. The zero-order chi connectivity index (χ0) is 16.7. The number of nitrogens with zero attached hydrogens (tertiary/aromatic N) is 4. The van der Waals surface area contributed by atoms with Crippen LogP contribution in [0.5, 0.6) is 0 Å². The van der Waals surface area contributed by atoms with Crippen molar-refractivity contribution in [3.8, 4) is 0 Å². The third-order valence-corrected chi connectivity index (χ3v) is 5.55. The van der Waals surface area contributed by atoms with Gasteiger partial charge in [-0.25, -0.2) is 4.98 Å². The highest BCUT2D eigenvalue weighted by atomic mass is 32.1. The minimum Gasteiger partial charge on any atom is -0.339 e. The second-order valence-electron chi connectivity index (χ2n) is 7.41. The number of benzene rings is 1. The summed E-state index contributed by atoms with van der Waals surface area (Å²) in [5.74, 6) is 1.47. The molecule has 0 aliphatic carbocycles. The van der Waals surface area contributed by atoms with E-state index in [1.807, 2.05) is 6.07 Å². The van der Waals surface area contributed by atoms with Crippen LogP contribution in [0.4, 0.5) is 0 Å². The summed E-state index contributed by atoms with van der Waals surface area (Å²) in [6.45, 7) is 8.04. The Morgan fingerprint density at radius 3 is 2.83 bits per heavy atom. The molecule has 0 radical (unpaired) electrons. The van der Waals surface area contributed by atoms with Crippen molar-refractivity contribution in [2.45, 2.75) is 51.6 Å². The maximum Gasteiger partial charge on any atom is 0.232 e. The first-order valence-corrected chi connectivity index (χ1v) is 9.25. The van der Waals surface area contributed by atoms with Crippen molar-refractivity contribution in [1.82, 2.24) is 20.0 Å². The molecule has 0 spiro atoms. The van der Waals surface area contributed by atoms with Crippen LogP contribution < -0.4 is 0 Å². The molecule has 0 amide bonds. The summed E-state index contributed by atoms with van der Waals surface area (Å²) in [5, 5.41) is 5.37. The van der Waals surface area contributed by atoms with Gasteiger partial charge in [-0.2, -0.15) is 4.98 Å². The van der Waals surface area contributed by atoms with Crippen molar-refractivity contribution in [2.75, 3.05) is 6.54 Å². The fourth-order valence-corrected chi connectivity index (χ4v) is 4.27. The first-order valence-electron chi connectivity index (χ1n) is 8.43.